The second kappa shape index (κ2) is 3.49. The van der Waals surface area contributed by atoms with Crippen LogP contribution in [0.2, 0.25) is 0 Å². The lowest BCUT2D eigenvalue weighted by Crippen LogP contribution is -2.06. The number of amides is 1. The summed E-state index contributed by atoms with van der Waals surface area (Å²) in [6, 6.07) is 1.37. The third-order valence-corrected chi connectivity index (χ3v) is 1.09. The van der Waals surface area contributed by atoms with Crippen LogP contribution in [-0.2, 0) is 4.79 Å². The summed E-state index contributed by atoms with van der Waals surface area (Å²) >= 11 is 0. The summed E-state index contributed by atoms with van der Waals surface area (Å²) in [6.07, 6.45) is 2.40. The Morgan fingerprint density at radius 3 is 3.00 bits per heavy atom. The molecule has 60 valence electrons. The number of hydrogen-bond donors (Lipinski definition) is 1. The molecule has 0 bridgehead atoms. The molecule has 0 aliphatic heterocycles. The number of nitrogens with two attached hydrogens (primary N) is 1. The minimum Gasteiger partial charge on any atom is -0.359 e. The van der Waals surface area contributed by atoms with Gasteiger partial charge in [0.25, 0.3) is 5.91 Å². The van der Waals surface area contributed by atoms with E-state index < -0.39 is 11.7 Å². The van der Waals surface area contributed by atoms with E-state index in [-0.39, 0.29) is 5.56 Å². The number of carbonyl (C=O) groups is 1. The molecule has 0 aromatic carbocycles. The van der Waals surface area contributed by atoms with E-state index in [2.05, 4.69) is 10.9 Å². The van der Waals surface area contributed by atoms with Crippen LogP contribution in [0.4, 0.5) is 4.39 Å². The number of rotatable bonds is 0. The third kappa shape index (κ3) is 2.06. The SMILES string of the molecule is NC(=O)C#Cc1ccncc1F. The van der Waals surface area contributed by atoms with Gasteiger partial charge >= 0.3 is 0 Å². The van der Waals surface area contributed by atoms with Crippen molar-refractivity contribution in [2.24, 2.45) is 5.73 Å². The zero-order valence-electron chi connectivity index (χ0n) is 6.04. The van der Waals surface area contributed by atoms with Gasteiger partial charge in [-0.1, -0.05) is 5.92 Å². The summed E-state index contributed by atoms with van der Waals surface area (Å²) < 4.78 is 12.7. The molecule has 0 atom stereocenters. The Balaban J connectivity index is 2.99. The Morgan fingerprint density at radius 1 is 1.67 bits per heavy atom. The summed E-state index contributed by atoms with van der Waals surface area (Å²) in [7, 11) is 0. The molecule has 0 radical (unpaired) electrons. The molecular weight excluding hydrogens is 159 g/mol. The van der Waals surface area contributed by atoms with Crippen LogP contribution in [0.3, 0.4) is 0 Å². The molecule has 0 fully saturated rings. The van der Waals surface area contributed by atoms with E-state index in [1.54, 1.807) is 0 Å². The van der Waals surface area contributed by atoms with Gasteiger partial charge in [0.15, 0.2) is 5.82 Å². The normalized spacial score (nSPS) is 8.42. The zero-order chi connectivity index (χ0) is 8.97. The van der Waals surface area contributed by atoms with Crippen molar-refractivity contribution in [1.29, 1.82) is 0 Å². The van der Waals surface area contributed by atoms with Gasteiger partial charge in [0.1, 0.15) is 0 Å². The molecule has 12 heavy (non-hydrogen) atoms. The first-order valence-electron chi connectivity index (χ1n) is 3.11. The highest BCUT2D eigenvalue weighted by atomic mass is 19.1. The first kappa shape index (κ1) is 8.21. The van der Waals surface area contributed by atoms with E-state index in [9.17, 15) is 9.18 Å². The Morgan fingerprint density at radius 2 is 2.42 bits per heavy atom. The number of halogens is 1. The summed E-state index contributed by atoms with van der Waals surface area (Å²) in [5.74, 6) is 2.95. The molecule has 1 aromatic rings. The van der Waals surface area contributed by atoms with Gasteiger partial charge in [-0.3, -0.25) is 9.78 Å². The number of nitrogens with zero attached hydrogens (tertiary/aromatic N) is 1. The largest absolute Gasteiger partial charge is 0.359 e. The number of pyridine rings is 1. The minimum absolute atomic E-state index is 0.115. The average molecular weight is 164 g/mol. The zero-order valence-corrected chi connectivity index (χ0v) is 6.04. The standard InChI is InChI=1S/C8H5FN2O/c9-7-5-11-4-3-6(7)1-2-8(10)12/h3-5H,(H2,10,12). The van der Waals surface area contributed by atoms with Crippen LogP contribution in [-0.4, -0.2) is 10.9 Å². The maximum absolute atomic E-state index is 12.7. The summed E-state index contributed by atoms with van der Waals surface area (Å²) in [5.41, 5.74) is 4.85. The summed E-state index contributed by atoms with van der Waals surface area (Å²) in [5, 5.41) is 0. The molecule has 0 spiro atoms. The molecule has 0 aliphatic carbocycles. The van der Waals surface area contributed by atoms with E-state index in [1.165, 1.54) is 12.3 Å². The van der Waals surface area contributed by atoms with E-state index >= 15 is 0 Å². The second-order valence-corrected chi connectivity index (χ2v) is 1.97. The molecule has 0 aliphatic rings. The quantitative estimate of drug-likeness (QED) is 0.551. The van der Waals surface area contributed by atoms with Crippen LogP contribution < -0.4 is 5.73 Å². The fourth-order valence-electron chi connectivity index (χ4n) is 0.606. The van der Waals surface area contributed by atoms with Gasteiger partial charge in [0, 0.05) is 12.1 Å². The van der Waals surface area contributed by atoms with Gasteiger partial charge in [0.05, 0.1) is 11.8 Å². The van der Waals surface area contributed by atoms with Gasteiger partial charge in [-0.25, -0.2) is 4.39 Å². The number of hydrogen-bond acceptors (Lipinski definition) is 2. The van der Waals surface area contributed by atoms with Gasteiger partial charge in [-0.05, 0) is 6.07 Å². The molecule has 0 saturated heterocycles. The van der Waals surface area contributed by atoms with Crippen molar-refractivity contribution in [3.63, 3.8) is 0 Å². The maximum atomic E-state index is 12.7. The van der Waals surface area contributed by atoms with Gasteiger partial charge < -0.3 is 5.73 Å². The Kier molecular flexibility index (Phi) is 2.38. The average Bonchev–Trinajstić information content (AvgIpc) is 2.03. The van der Waals surface area contributed by atoms with Gasteiger partial charge in [-0.2, -0.15) is 0 Å². The van der Waals surface area contributed by atoms with E-state index in [1.807, 2.05) is 5.92 Å². The fourth-order valence-corrected chi connectivity index (χ4v) is 0.606. The van der Waals surface area contributed by atoms with Crippen LogP contribution in [0, 0.1) is 17.7 Å². The van der Waals surface area contributed by atoms with Crippen LogP contribution in [0.15, 0.2) is 18.5 Å². The molecule has 1 heterocycles. The molecule has 0 saturated carbocycles. The molecule has 3 nitrogen and oxygen atoms in total. The van der Waals surface area contributed by atoms with E-state index in [0.29, 0.717) is 0 Å². The van der Waals surface area contributed by atoms with Gasteiger partial charge in [0.2, 0.25) is 0 Å². The molecule has 4 heteroatoms. The first-order valence-corrected chi connectivity index (χ1v) is 3.11. The molecule has 2 N–H and O–H groups in total. The fraction of sp³-hybridized carbons (Fsp3) is 0. The lowest BCUT2D eigenvalue weighted by Gasteiger charge is -1.89. The van der Waals surface area contributed by atoms with Crippen molar-refractivity contribution in [1.82, 2.24) is 4.98 Å². The number of primary amides is 1. The Bertz CT molecular complexity index is 365. The summed E-state index contributed by atoms with van der Waals surface area (Å²) in [6.45, 7) is 0. The lowest BCUT2D eigenvalue weighted by molar-refractivity contribution is -0.112. The monoisotopic (exact) mass is 164 g/mol. The second-order valence-electron chi connectivity index (χ2n) is 1.97. The third-order valence-electron chi connectivity index (χ3n) is 1.09. The minimum atomic E-state index is -0.786. The highest BCUT2D eigenvalue weighted by Gasteiger charge is 1.95. The van der Waals surface area contributed by atoms with Crippen LogP contribution >= 0.6 is 0 Å². The molecule has 1 amide bonds. The highest BCUT2D eigenvalue weighted by molar-refractivity contribution is 5.92. The summed E-state index contributed by atoms with van der Waals surface area (Å²) in [4.78, 5) is 13.7. The van der Waals surface area contributed by atoms with Crippen molar-refractivity contribution in [2.45, 2.75) is 0 Å². The molecule has 1 rings (SSSR count). The maximum Gasteiger partial charge on any atom is 0.293 e. The van der Waals surface area contributed by atoms with E-state index in [0.717, 1.165) is 6.20 Å². The number of carbonyl (C=O) groups excluding carboxylic acids is 1. The van der Waals surface area contributed by atoms with Crippen LogP contribution in [0.5, 0.6) is 0 Å². The lowest BCUT2D eigenvalue weighted by atomic mass is 10.2. The first-order chi connectivity index (χ1) is 5.70. The number of aromatic nitrogens is 1. The molecule has 0 unspecified atom stereocenters. The van der Waals surface area contributed by atoms with Gasteiger partial charge in [-0.15, -0.1) is 0 Å². The van der Waals surface area contributed by atoms with E-state index in [4.69, 9.17) is 5.73 Å². The van der Waals surface area contributed by atoms with Crippen LogP contribution in [0.1, 0.15) is 5.56 Å². The molecular formula is C8H5FN2O. The van der Waals surface area contributed by atoms with Crippen molar-refractivity contribution < 1.29 is 9.18 Å². The predicted octanol–water partition coefficient (Wildman–Crippen LogP) is 0.0575. The van der Waals surface area contributed by atoms with Crippen LogP contribution in [0.25, 0.3) is 0 Å². The Labute approximate surface area is 68.4 Å². The predicted molar refractivity (Wildman–Crippen MR) is 40.3 cm³/mol. The van der Waals surface area contributed by atoms with Crippen molar-refractivity contribution in [2.75, 3.05) is 0 Å². The Hall–Kier alpha value is -1.89. The highest BCUT2D eigenvalue weighted by Crippen LogP contribution is 2.00. The van der Waals surface area contributed by atoms with Crippen molar-refractivity contribution in [3.05, 3.63) is 29.8 Å². The smallest absolute Gasteiger partial charge is 0.293 e. The molecule has 1 aromatic heterocycles. The van der Waals surface area contributed by atoms with Crippen molar-refractivity contribution >= 4 is 5.91 Å². The topological polar surface area (TPSA) is 56.0 Å². The van der Waals surface area contributed by atoms with Crippen molar-refractivity contribution in [3.8, 4) is 11.8 Å².